The number of aryl methyl sites for hydroxylation is 2. The molecule has 0 saturated heterocycles. The summed E-state index contributed by atoms with van der Waals surface area (Å²) < 4.78 is 43.7. The van der Waals surface area contributed by atoms with Gasteiger partial charge >= 0.3 is 6.18 Å². The molecule has 1 N–H and O–H groups in total. The molecule has 4 rings (SSSR count). The van der Waals surface area contributed by atoms with Gasteiger partial charge < -0.3 is 9.88 Å². The summed E-state index contributed by atoms with van der Waals surface area (Å²) in [5.41, 5.74) is -0.0846. The van der Waals surface area contributed by atoms with Crippen molar-refractivity contribution in [2.24, 2.45) is 0 Å². The average Bonchev–Trinajstić information content (AvgIpc) is 3.38. The molecule has 0 atom stereocenters. The molecule has 32 heavy (non-hydrogen) atoms. The van der Waals surface area contributed by atoms with Gasteiger partial charge in [0.2, 0.25) is 0 Å². The van der Waals surface area contributed by atoms with Crippen molar-refractivity contribution in [3.63, 3.8) is 0 Å². The van der Waals surface area contributed by atoms with Gasteiger partial charge in [0.05, 0.1) is 12.0 Å². The van der Waals surface area contributed by atoms with E-state index in [4.69, 9.17) is 11.6 Å². The molecule has 3 heterocycles. The molecule has 1 amide bonds. The van der Waals surface area contributed by atoms with Gasteiger partial charge in [0.1, 0.15) is 5.02 Å². The second-order valence-corrected chi connectivity index (χ2v) is 7.58. The second-order valence-electron chi connectivity index (χ2n) is 7.20. The van der Waals surface area contributed by atoms with E-state index >= 15 is 0 Å². The molecule has 7 nitrogen and oxygen atoms in total. The number of benzene rings is 1. The zero-order valence-electron chi connectivity index (χ0n) is 16.9. The van der Waals surface area contributed by atoms with E-state index < -0.39 is 17.8 Å². The van der Waals surface area contributed by atoms with Crippen molar-refractivity contribution in [1.82, 2.24) is 29.5 Å². The van der Waals surface area contributed by atoms with Gasteiger partial charge in [-0.3, -0.25) is 4.79 Å². The van der Waals surface area contributed by atoms with Crippen LogP contribution in [0.3, 0.4) is 0 Å². The molecule has 4 aromatic rings. The summed E-state index contributed by atoms with van der Waals surface area (Å²) in [4.78, 5) is 20.7. The Balaban J connectivity index is 1.65. The third-order valence-corrected chi connectivity index (χ3v) is 5.17. The lowest BCUT2D eigenvalue weighted by atomic mass is 10.1. The second kappa shape index (κ2) is 8.62. The maximum atomic E-state index is 13.8. The predicted molar refractivity (Wildman–Crippen MR) is 112 cm³/mol. The summed E-state index contributed by atoms with van der Waals surface area (Å²) in [5.74, 6) is -0.670. The first-order valence-corrected chi connectivity index (χ1v) is 10.1. The molecule has 0 unspecified atom stereocenters. The number of hydrogen-bond acceptors (Lipinski definition) is 4. The van der Waals surface area contributed by atoms with Crippen LogP contribution in [0.4, 0.5) is 13.2 Å². The highest BCUT2D eigenvalue weighted by molar-refractivity contribution is 6.36. The molecule has 0 fully saturated rings. The normalized spacial score (nSPS) is 11.8. The fourth-order valence-corrected chi connectivity index (χ4v) is 3.42. The third-order valence-electron chi connectivity index (χ3n) is 4.82. The van der Waals surface area contributed by atoms with Crippen molar-refractivity contribution < 1.29 is 18.0 Å². The molecule has 0 saturated carbocycles. The molecule has 166 valence electrons. The number of imidazole rings is 1. The van der Waals surface area contributed by atoms with Gasteiger partial charge in [-0.25, -0.2) is 14.5 Å². The van der Waals surface area contributed by atoms with Crippen molar-refractivity contribution in [1.29, 1.82) is 0 Å². The number of carbonyl (C=O) groups is 1. The lowest BCUT2D eigenvalue weighted by Crippen LogP contribution is -2.26. The minimum absolute atomic E-state index is 0.0823. The molecule has 0 spiro atoms. The Labute approximate surface area is 185 Å². The van der Waals surface area contributed by atoms with Crippen molar-refractivity contribution in [3.8, 4) is 11.3 Å². The van der Waals surface area contributed by atoms with Crippen LogP contribution in [0.25, 0.3) is 16.9 Å². The quantitative estimate of drug-likeness (QED) is 0.431. The molecule has 0 bridgehead atoms. The Morgan fingerprint density at radius 3 is 2.62 bits per heavy atom. The SMILES string of the molecule is Cc1ccc(-c2cc(C(F)(F)F)n3nc(C(=O)NCCCn4ccnc4)c(Cl)c3n2)cc1. The van der Waals surface area contributed by atoms with Crippen LogP contribution in [0.2, 0.25) is 5.02 Å². The first kappa shape index (κ1) is 21.8. The van der Waals surface area contributed by atoms with E-state index in [-0.39, 0.29) is 28.6 Å². The van der Waals surface area contributed by atoms with Crippen LogP contribution in [0.1, 0.15) is 28.2 Å². The number of nitrogens with one attached hydrogen (secondary N) is 1. The fraction of sp³-hybridized carbons (Fsp3) is 0.238. The van der Waals surface area contributed by atoms with E-state index in [1.165, 1.54) is 0 Å². The van der Waals surface area contributed by atoms with Crippen molar-refractivity contribution in [3.05, 3.63) is 71.0 Å². The molecule has 0 aliphatic rings. The van der Waals surface area contributed by atoms with Gasteiger partial charge in [-0.1, -0.05) is 41.4 Å². The van der Waals surface area contributed by atoms with Gasteiger partial charge in [-0.15, -0.1) is 0 Å². The third kappa shape index (κ3) is 4.45. The van der Waals surface area contributed by atoms with Gasteiger partial charge in [0.15, 0.2) is 17.0 Å². The van der Waals surface area contributed by atoms with Crippen LogP contribution in [0.5, 0.6) is 0 Å². The molecule has 0 aliphatic heterocycles. The maximum absolute atomic E-state index is 13.8. The number of nitrogens with zero attached hydrogens (tertiary/aromatic N) is 5. The van der Waals surface area contributed by atoms with Crippen LogP contribution >= 0.6 is 11.6 Å². The largest absolute Gasteiger partial charge is 0.433 e. The van der Waals surface area contributed by atoms with E-state index in [9.17, 15) is 18.0 Å². The van der Waals surface area contributed by atoms with E-state index in [2.05, 4.69) is 20.4 Å². The number of alkyl halides is 3. The highest BCUT2D eigenvalue weighted by Crippen LogP contribution is 2.34. The Kier molecular flexibility index (Phi) is 5.88. The predicted octanol–water partition coefficient (Wildman–Crippen LogP) is 4.39. The van der Waals surface area contributed by atoms with E-state index in [1.54, 1.807) is 43.0 Å². The van der Waals surface area contributed by atoms with Crippen LogP contribution < -0.4 is 5.32 Å². The highest BCUT2D eigenvalue weighted by atomic mass is 35.5. The summed E-state index contributed by atoms with van der Waals surface area (Å²) >= 11 is 6.27. The minimum atomic E-state index is -4.73. The fourth-order valence-electron chi connectivity index (χ4n) is 3.18. The van der Waals surface area contributed by atoms with Gasteiger partial charge in [-0.05, 0) is 19.4 Å². The zero-order valence-corrected chi connectivity index (χ0v) is 17.7. The standard InChI is InChI=1S/C21H18ClF3N6O/c1-13-3-5-14(6-4-13)15-11-16(21(23,24)25)31-19(28-15)17(22)18(29-31)20(32)27-7-2-9-30-10-8-26-12-30/h3-6,8,10-12H,2,7,9H2,1H3,(H,27,32). The minimum Gasteiger partial charge on any atom is -0.351 e. The summed E-state index contributed by atoms with van der Waals surface area (Å²) in [6.45, 7) is 2.78. The van der Waals surface area contributed by atoms with Crippen molar-refractivity contribution in [2.45, 2.75) is 26.1 Å². The van der Waals surface area contributed by atoms with E-state index in [0.29, 0.717) is 23.0 Å². The molecule has 0 aliphatic carbocycles. The van der Waals surface area contributed by atoms with Gasteiger partial charge in [-0.2, -0.15) is 18.3 Å². The number of rotatable bonds is 6. The van der Waals surface area contributed by atoms with E-state index in [0.717, 1.165) is 11.6 Å². The molecule has 11 heteroatoms. The lowest BCUT2D eigenvalue weighted by Gasteiger charge is -2.11. The van der Waals surface area contributed by atoms with Crippen LogP contribution in [-0.4, -0.2) is 36.6 Å². The Morgan fingerprint density at radius 1 is 1.22 bits per heavy atom. The topological polar surface area (TPSA) is 77.1 Å². The zero-order chi connectivity index (χ0) is 22.9. The van der Waals surface area contributed by atoms with Crippen LogP contribution in [-0.2, 0) is 12.7 Å². The van der Waals surface area contributed by atoms with Crippen molar-refractivity contribution >= 4 is 23.2 Å². The Morgan fingerprint density at radius 2 is 1.97 bits per heavy atom. The van der Waals surface area contributed by atoms with Crippen molar-refractivity contribution in [2.75, 3.05) is 6.54 Å². The summed E-state index contributed by atoms with van der Waals surface area (Å²) in [6.07, 6.45) is 0.948. The number of hydrogen-bond donors (Lipinski definition) is 1. The number of amides is 1. The molecular formula is C21H18ClF3N6O. The Bertz CT molecular complexity index is 1250. The summed E-state index contributed by atoms with van der Waals surface area (Å²) in [5, 5.41) is 6.22. The van der Waals surface area contributed by atoms with E-state index in [1.807, 2.05) is 11.5 Å². The number of halogens is 4. The molecular weight excluding hydrogens is 445 g/mol. The van der Waals surface area contributed by atoms with Gasteiger partial charge in [0.25, 0.3) is 5.91 Å². The first-order valence-electron chi connectivity index (χ1n) is 9.71. The van der Waals surface area contributed by atoms with Gasteiger partial charge in [0, 0.05) is 31.0 Å². The smallest absolute Gasteiger partial charge is 0.351 e. The summed E-state index contributed by atoms with van der Waals surface area (Å²) in [7, 11) is 0. The molecule has 1 aromatic carbocycles. The summed E-state index contributed by atoms with van der Waals surface area (Å²) in [6, 6.07) is 7.79. The Hall–Kier alpha value is -3.40. The number of carbonyl (C=O) groups excluding carboxylic acids is 1. The molecule has 0 radical (unpaired) electrons. The average molecular weight is 463 g/mol. The first-order chi connectivity index (χ1) is 15.2. The highest BCUT2D eigenvalue weighted by Gasteiger charge is 2.36. The lowest BCUT2D eigenvalue weighted by molar-refractivity contribution is -0.142. The molecule has 3 aromatic heterocycles. The monoisotopic (exact) mass is 462 g/mol. The number of aromatic nitrogens is 5. The maximum Gasteiger partial charge on any atom is 0.433 e. The van der Waals surface area contributed by atoms with Crippen LogP contribution in [0, 0.1) is 6.92 Å². The number of fused-ring (bicyclic) bond motifs is 1. The van der Waals surface area contributed by atoms with Crippen LogP contribution in [0.15, 0.2) is 49.1 Å².